The zero-order valence-corrected chi connectivity index (χ0v) is 42.0. The van der Waals surface area contributed by atoms with Crippen molar-refractivity contribution < 1.29 is 28.6 Å². The van der Waals surface area contributed by atoms with E-state index in [1.165, 1.54) is 32.1 Å². The molecule has 0 aliphatic carbocycles. The Balaban J connectivity index is 4.41. The molecule has 368 valence electrons. The van der Waals surface area contributed by atoms with E-state index in [1.807, 2.05) is 0 Å². The molecular formula is C59H96O6. The van der Waals surface area contributed by atoms with Crippen molar-refractivity contribution >= 4 is 17.9 Å². The summed E-state index contributed by atoms with van der Waals surface area (Å²) in [6.07, 6.45) is 70.7. The molecule has 0 bridgehead atoms. The number of carbonyl (C=O) groups excluding carboxylic acids is 3. The first kappa shape index (κ1) is 61.1. The van der Waals surface area contributed by atoms with E-state index in [4.69, 9.17) is 14.2 Å². The minimum absolute atomic E-state index is 0.0985. The molecule has 6 nitrogen and oxygen atoms in total. The van der Waals surface area contributed by atoms with Crippen LogP contribution in [0.25, 0.3) is 0 Å². The SMILES string of the molecule is CC/C=C\C/C=C\C/C=C\C/C=C\C/C=C\C/C=C\CCCCCCC(=O)OCC(COC(=O)CCCCCCC/C=C\CCCC)OC(=O)CCCCCCC/C=C\C/C=C\CCC. The molecule has 0 amide bonds. The van der Waals surface area contributed by atoms with Gasteiger partial charge in [0.1, 0.15) is 13.2 Å². The number of hydrogen-bond acceptors (Lipinski definition) is 6. The van der Waals surface area contributed by atoms with Gasteiger partial charge in [-0.15, -0.1) is 0 Å². The highest BCUT2D eigenvalue weighted by atomic mass is 16.6. The Kier molecular flexibility index (Phi) is 49.5. The van der Waals surface area contributed by atoms with Gasteiger partial charge in [0.15, 0.2) is 6.10 Å². The van der Waals surface area contributed by atoms with Crippen molar-refractivity contribution in [1.29, 1.82) is 0 Å². The van der Waals surface area contributed by atoms with Crippen molar-refractivity contribution in [2.24, 2.45) is 0 Å². The summed E-state index contributed by atoms with van der Waals surface area (Å²) in [5.74, 6) is -0.954. The fourth-order valence-electron chi connectivity index (χ4n) is 6.76. The minimum Gasteiger partial charge on any atom is -0.462 e. The molecule has 1 atom stereocenters. The van der Waals surface area contributed by atoms with E-state index in [-0.39, 0.29) is 31.1 Å². The topological polar surface area (TPSA) is 78.9 Å². The van der Waals surface area contributed by atoms with Crippen molar-refractivity contribution in [2.45, 2.75) is 232 Å². The average molecular weight is 901 g/mol. The van der Waals surface area contributed by atoms with Gasteiger partial charge in [0, 0.05) is 19.3 Å². The lowest BCUT2D eigenvalue weighted by Gasteiger charge is -2.18. The lowest BCUT2D eigenvalue weighted by atomic mass is 10.1. The van der Waals surface area contributed by atoms with E-state index in [0.29, 0.717) is 19.3 Å². The summed E-state index contributed by atoms with van der Waals surface area (Å²) in [5.41, 5.74) is 0. The first-order valence-corrected chi connectivity index (χ1v) is 26.4. The van der Waals surface area contributed by atoms with Crippen LogP contribution in [0.5, 0.6) is 0 Å². The number of ether oxygens (including phenoxy) is 3. The molecule has 0 rings (SSSR count). The van der Waals surface area contributed by atoms with E-state index >= 15 is 0 Å². The summed E-state index contributed by atoms with van der Waals surface area (Å²) in [5, 5.41) is 0. The maximum absolute atomic E-state index is 12.8. The molecule has 0 radical (unpaired) electrons. The monoisotopic (exact) mass is 901 g/mol. The van der Waals surface area contributed by atoms with Crippen LogP contribution in [0.2, 0.25) is 0 Å². The maximum Gasteiger partial charge on any atom is 0.306 e. The Morgan fingerprint density at radius 2 is 0.631 bits per heavy atom. The molecule has 1 unspecified atom stereocenters. The first-order valence-electron chi connectivity index (χ1n) is 26.4. The molecular weight excluding hydrogens is 805 g/mol. The highest BCUT2D eigenvalue weighted by Crippen LogP contribution is 2.13. The Bertz CT molecular complexity index is 1360. The van der Waals surface area contributed by atoms with Gasteiger partial charge in [-0.2, -0.15) is 0 Å². The molecule has 0 heterocycles. The van der Waals surface area contributed by atoms with E-state index in [9.17, 15) is 14.4 Å². The second kappa shape index (κ2) is 52.7. The van der Waals surface area contributed by atoms with Crippen molar-refractivity contribution in [3.63, 3.8) is 0 Å². The molecule has 0 aromatic heterocycles. The van der Waals surface area contributed by atoms with Gasteiger partial charge in [0.2, 0.25) is 0 Å². The lowest BCUT2D eigenvalue weighted by molar-refractivity contribution is -0.167. The molecule has 0 aliphatic rings. The summed E-state index contributed by atoms with van der Waals surface area (Å²) < 4.78 is 16.7. The third kappa shape index (κ3) is 50.9. The lowest BCUT2D eigenvalue weighted by Crippen LogP contribution is -2.30. The van der Waals surface area contributed by atoms with Gasteiger partial charge in [-0.1, -0.05) is 201 Å². The predicted octanol–water partition coefficient (Wildman–Crippen LogP) is 17.5. The van der Waals surface area contributed by atoms with Gasteiger partial charge in [-0.05, 0) is 116 Å². The van der Waals surface area contributed by atoms with Crippen molar-refractivity contribution in [1.82, 2.24) is 0 Å². The summed E-state index contributed by atoms with van der Waals surface area (Å²) in [4.78, 5) is 38.0. The summed E-state index contributed by atoms with van der Waals surface area (Å²) in [7, 11) is 0. The predicted molar refractivity (Wildman–Crippen MR) is 279 cm³/mol. The second-order valence-electron chi connectivity index (χ2n) is 17.0. The Morgan fingerprint density at radius 1 is 0.323 bits per heavy atom. The van der Waals surface area contributed by atoms with Crippen LogP contribution in [0.15, 0.2) is 109 Å². The average Bonchev–Trinajstić information content (AvgIpc) is 3.30. The Labute approximate surface area is 400 Å². The molecule has 0 fully saturated rings. The van der Waals surface area contributed by atoms with Gasteiger partial charge < -0.3 is 14.2 Å². The third-order valence-corrected chi connectivity index (χ3v) is 10.7. The highest BCUT2D eigenvalue weighted by Gasteiger charge is 2.19. The van der Waals surface area contributed by atoms with Crippen LogP contribution in [0, 0.1) is 0 Å². The minimum atomic E-state index is -0.800. The fraction of sp³-hybridized carbons (Fsp3) is 0.644. The first-order chi connectivity index (χ1) is 32.0. The molecule has 0 saturated heterocycles. The zero-order valence-electron chi connectivity index (χ0n) is 42.0. The van der Waals surface area contributed by atoms with Crippen LogP contribution in [0.1, 0.15) is 226 Å². The van der Waals surface area contributed by atoms with Gasteiger partial charge in [0.05, 0.1) is 0 Å². The summed E-state index contributed by atoms with van der Waals surface area (Å²) in [6, 6.07) is 0. The van der Waals surface area contributed by atoms with Crippen LogP contribution >= 0.6 is 0 Å². The number of hydrogen-bond donors (Lipinski definition) is 0. The highest BCUT2D eigenvalue weighted by molar-refractivity contribution is 5.71. The number of allylic oxidation sites excluding steroid dienone is 18. The number of esters is 3. The molecule has 0 aliphatic heterocycles. The molecule has 0 spiro atoms. The van der Waals surface area contributed by atoms with Gasteiger partial charge in [0.25, 0.3) is 0 Å². The zero-order chi connectivity index (χ0) is 47.2. The summed E-state index contributed by atoms with van der Waals surface area (Å²) in [6.45, 7) is 6.36. The van der Waals surface area contributed by atoms with E-state index in [1.54, 1.807) is 0 Å². The summed E-state index contributed by atoms with van der Waals surface area (Å²) >= 11 is 0. The second-order valence-corrected chi connectivity index (χ2v) is 17.0. The maximum atomic E-state index is 12.8. The van der Waals surface area contributed by atoms with E-state index in [2.05, 4.69) is 130 Å². The number of carbonyl (C=O) groups is 3. The van der Waals surface area contributed by atoms with Gasteiger partial charge in [-0.3, -0.25) is 14.4 Å². The van der Waals surface area contributed by atoms with Crippen LogP contribution in [-0.2, 0) is 28.6 Å². The van der Waals surface area contributed by atoms with Crippen LogP contribution in [0.4, 0.5) is 0 Å². The van der Waals surface area contributed by atoms with Crippen molar-refractivity contribution in [3.8, 4) is 0 Å². The smallest absolute Gasteiger partial charge is 0.306 e. The van der Waals surface area contributed by atoms with Crippen molar-refractivity contribution in [2.75, 3.05) is 13.2 Å². The number of rotatable bonds is 46. The van der Waals surface area contributed by atoms with Crippen LogP contribution in [-0.4, -0.2) is 37.2 Å². The molecule has 65 heavy (non-hydrogen) atoms. The largest absolute Gasteiger partial charge is 0.462 e. The fourth-order valence-corrected chi connectivity index (χ4v) is 6.76. The quantitative estimate of drug-likeness (QED) is 0.0262. The van der Waals surface area contributed by atoms with Gasteiger partial charge >= 0.3 is 17.9 Å². The van der Waals surface area contributed by atoms with Crippen LogP contribution in [0.3, 0.4) is 0 Å². The molecule has 6 heteroatoms. The Morgan fingerprint density at radius 3 is 1.02 bits per heavy atom. The molecule has 0 saturated carbocycles. The normalized spacial score (nSPS) is 13.0. The van der Waals surface area contributed by atoms with Crippen LogP contribution < -0.4 is 0 Å². The van der Waals surface area contributed by atoms with E-state index < -0.39 is 6.10 Å². The third-order valence-electron chi connectivity index (χ3n) is 10.7. The Hall–Kier alpha value is -3.93. The van der Waals surface area contributed by atoms with E-state index in [0.717, 1.165) is 154 Å². The molecule has 0 aromatic rings. The standard InChI is InChI=1S/C59H96O6/c1-4-7-10-13-16-19-22-24-25-26-27-28-29-30-31-32-33-35-37-40-43-46-49-52-58(61)64-55-56(54-63-57(60)51-48-45-42-39-36-21-18-15-12-9-6-3)65-59(62)53-50-47-44-41-38-34-23-20-17-14-11-8-5-2/h7,10-11,14-16,18-20,23-25,27-28,30-31,33,35,56H,4-6,8-9,12-13,17,21-22,26,29,32,34,36-55H2,1-3H3/b10-7-,14-11-,18-15-,19-16-,23-20-,25-24-,28-27-,31-30-,35-33-. The number of unbranched alkanes of at least 4 members (excludes halogenated alkanes) is 17. The van der Waals surface area contributed by atoms with Crippen molar-refractivity contribution in [3.05, 3.63) is 109 Å². The molecule has 0 N–H and O–H groups in total. The van der Waals surface area contributed by atoms with Gasteiger partial charge in [-0.25, -0.2) is 0 Å². The molecule has 0 aromatic carbocycles.